The first-order valence-corrected chi connectivity index (χ1v) is 7.63. The lowest BCUT2D eigenvalue weighted by molar-refractivity contribution is 0.0712. The Kier molecular flexibility index (Phi) is 4.42. The first kappa shape index (κ1) is 15.9. The zero-order valence-electron chi connectivity index (χ0n) is 13.0. The number of hydrogen-bond donors (Lipinski definition) is 0. The van der Waals surface area contributed by atoms with Gasteiger partial charge in [0, 0.05) is 5.56 Å². The minimum absolute atomic E-state index is 0.242. The Morgan fingerprint density at radius 2 is 1.92 bits per heavy atom. The molecule has 0 spiro atoms. The van der Waals surface area contributed by atoms with Gasteiger partial charge < -0.3 is 9.47 Å². The third kappa shape index (κ3) is 3.20. The van der Waals surface area contributed by atoms with E-state index >= 15 is 0 Å². The Hall–Kier alpha value is -2.95. The quantitative estimate of drug-likeness (QED) is 0.619. The first-order valence-electron chi connectivity index (χ1n) is 7.63. The first-order chi connectivity index (χ1) is 11.6. The Labute approximate surface area is 138 Å². The number of rotatable bonds is 4. The van der Waals surface area contributed by atoms with Gasteiger partial charge in [-0.2, -0.15) is 0 Å². The fourth-order valence-corrected chi connectivity index (χ4v) is 2.36. The van der Waals surface area contributed by atoms with E-state index in [9.17, 15) is 14.0 Å². The maximum Gasteiger partial charge on any atom is 0.344 e. The number of halogens is 1. The molecular formula is C19H15FO4. The standard InChI is InChI=1S/C19H15FO4/c1-2-3-4-17-16-11-14(9-10-15(16)19(22)24-17)23-18(21)12-5-7-13(20)8-6-12/h4-11H,2-3H2,1H3/b17-4-. The molecule has 24 heavy (non-hydrogen) atoms. The smallest absolute Gasteiger partial charge is 0.344 e. The third-order valence-electron chi connectivity index (χ3n) is 3.59. The van der Waals surface area contributed by atoms with Crippen molar-refractivity contribution in [1.29, 1.82) is 0 Å². The molecule has 122 valence electrons. The zero-order valence-corrected chi connectivity index (χ0v) is 13.0. The molecule has 1 aliphatic heterocycles. The van der Waals surface area contributed by atoms with Crippen LogP contribution in [0, 0.1) is 5.82 Å². The highest BCUT2D eigenvalue weighted by atomic mass is 19.1. The van der Waals surface area contributed by atoms with Crippen molar-refractivity contribution in [3.8, 4) is 5.75 Å². The fourth-order valence-electron chi connectivity index (χ4n) is 2.36. The van der Waals surface area contributed by atoms with Crippen molar-refractivity contribution >= 4 is 17.7 Å². The average Bonchev–Trinajstić information content (AvgIpc) is 2.89. The van der Waals surface area contributed by atoms with Gasteiger partial charge in [-0.25, -0.2) is 14.0 Å². The second kappa shape index (κ2) is 6.66. The Morgan fingerprint density at radius 3 is 2.62 bits per heavy atom. The van der Waals surface area contributed by atoms with Crippen LogP contribution in [0.1, 0.15) is 46.0 Å². The van der Waals surface area contributed by atoms with E-state index in [4.69, 9.17) is 9.47 Å². The molecule has 0 aromatic heterocycles. The molecular weight excluding hydrogens is 311 g/mol. The molecule has 0 saturated heterocycles. The Morgan fingerprint density at radius 1 is 1.17 bits per heavy atom. The summed E-state index contributed by atoms with van der Waals surface area (Å²) in [6, 6.07) is 9.79. The summed E-state index contributed by atoms with van der Waals surface area (Å²) in [5, 5.41) is 0. The van der Waals surface area contributed by atoms with E-state index in [1.54, 1.807) is 12.1 Å². The molecule has 2 aromatic carbocycles. The molecule has 1 heterocycles. The van der Waals surface area contributed by atoms with Gasteiger partial charge in [-0.1, -0.05) is 13.3 Å². The van der Waals surface area contributed by atoms with Crippen molar-refractivity contribution in [3.63, 3.8) is 0 Å². The number of ether oxygens (including phenoxy) is 2. The van der Waals surface area contributed by atoms with Crippen molar-refractivity contribution in [2.24, 2.45) is 0 Å². The molecule has 0 amide bonds. The Balaban J connectivity index is 1.84. The number of allylic oxidation sites excluding steroid dienone is 1. The number of esters is 2. The second-order valence-corrected chi connectivity index (χ2v) is 5.35. The van der Waals surface area contributed by atoms with E-state index in [0.717, 1.165) is 12.8 Å². The summed E-state index contributed by atoms with van der Waals surface area (Å²) in [6.45, 7) is 2.02. The highest BCUT2D eigenvalue weighted by molar-refractivity contribution is 6.03. The molecule has 4 nitrogen and oxygen atoms in total. The average molecular weight is 326 g/mol. The van der Waals surface area contributed by atoms with Gasteiger partial charge in [0.05, 0.1) is 11.1 Å². The molecule has 3 rings (SSSR count). The largest absolute Gasteiger partial charge is 0.423 e. The van der Waals surface area contributed by atoms with Crippen molar-refractivity contribution in [1.82, 2.24) is 0 Å². The molecule has 0 unspecified atom stereocenters. The summed E-state index contributed by atoms with van der Waals surface area (Å²) in [6.07, 6.45) is 3.55. The summed E-state index contributed by atoms with van der Waals surface area (Å²) in [7, 11) is 0. The van der Waals surface area contributed by atoms with Crippen molar-refractivity contribution in [3.05, 3.63) is 71.0 Å². The lowest BCUT2D eigenvalue weighted by atomic mass is 10.1. The van der Waals surface area contributed by atoms with Crippen LogP contribution in [-0.4, -0.2) is 11.9 Å². The van der Waals surface area contributed by atoms with E-state index in [-0.39, 0.29) is 5.56 Å². The lowest BCUT2D eigenvalue weighted by Gasteiger charge is -2.06. The van der Waals surface area contributed by atoms with Gasteiger partial charge in [0.2, 0.25) is 0 Å². The monoisotopic (exact) mass is 326 g/mol. The van der Waals surface area contributed by atoms with Crippen LogP contribution >= 0.6 is 0 Å². The zero-order chi connectivity index (χ0) is 17.1. The molecule has 0 N–H and O–H groups in total. The summed E-state index contributed by atoms with van der Waals surface area (Å²) in [4.78, 5) is 23.9. The number of fused-ring (bicyclic) bond motifs is 1. The highest BCUT2D eigenvalue weighted by Gasteiger charge is 2.27. The molecule has 2 aromatic rings. The molecule has 0 radical (unpaired) electrons. The lowest BCUT2D eigenvalue weighted by Crippen LogP contribution is -2.08. The van der Waals surface area contributed by atoms with Crippen molar-refractivity contribution in [2.75, 3.05) is 0 Å². The van der Waals surface area contributed by atoms with Crippen LogP contribution in [0.15, 0.2) is 48.5 Å². The molecule has 5 heteroatoms. The minimum atomic E-state index is -0.598. The third-order valence-corrected chi connectivity index (χ3v) is 3.59. The SMILES string of the molecule is CCC/C=C1\OC(=O)c2ccc(OC(=O)c3ccc(F)cc3)cc21. The van der Waals surface area contributed by atoms with Crippen LogP contribution in [0.4, 0.5) is 4.39 Å². The summed E-state index contributed by atoms with van der Waals surface area (Å²) < 4.78 is 23.4. The van der Waals surface area contributed by atoms with Crippen LogP contribution in [0.3, 0.4) is 0 Å². The molecule has 0 bridgehead atoms. The maximum atomic E-state index is 12.9. The molecule has 0 atom stereocenters. The fraction of sp³-hybridized carbons (Fsp3) is 0.158. The van der Waals surface area contributed by atoms with Gasteiger partial charge in [0.1, 0.15) is 17.3 Å². The summed E-state index contributed by atoms with van der Waals surface area (Å²) in [5.74, 6) is -0.659. The summed E-state index contributed by atoms with van der Waals surface area (Å²) >= 11 is 0. The van der Waals surface area contributed by atoms with Gasteiger partial charge >= 0.3 is 11.9 Å². The van der Waals surface area contributed by atoms with Gasteiger partial charge in [0.25, 0.3) is 0 Å². The van der Waals surface area contributed by atoms with Crippen LogP contribution in [0.5, 0.6) is 5.75 Å². The van der Waals surface area contributed by atoms with E-state index in [1.165, 1.54) is 30.3 Å². The van der Waals surface area contributed by atoms with Crippen molar-refractivity contribution in [2.45, 2.75) is 19.8 Å². The number of cyclic esters (lactones) is 1. The predicted molar refractivity (Wildman–Crippen MR) is 86.1 cm³/mol. The van der Waals surface area contributed by atoms with Crippen molar-refractivity contribution < 1.29 is 23.5 Å². The maximum absolute atomic E-state index is 12.9. The van der Waals surface area contributed by atoms with E-state index in [0.29, 0.717) is 22.6 Å². The van der Waals surface area contributed by atoms with Gasteiger partial charge in [-0.15, -0.1) is 0 Å². The van der Waals surface area contributed by atoms with Crippen LogP contribution in [0.25, 0.3) is 5.76 Å². The molecule has 0 saturated carbocycles. The second-order valence-electron chi connectivity index (χ2n) is 5.35. The van der Waals surface area contributed by atoms with Crippen LogP contribution in [-0.2, 0) is 4.74 Å². The van der Waals surface area contributed by atoms with Gasteiger partial charge in [0.15, 0.2) is 0 Å². The van der Waals surface area contributed by atoms with Gasteiger partial charge in [-0.05, 0) is 55.0 Å². The van der Waals surface area contributed by atoms with Crippen LogP contribution < -0.4 is 4.74 Å². The highest BCUT2D eigenvalue weighted by Crippen LogP contribution is 2.33. The number of benzene rings is 2. The summed E-state index contributed by atoms with van der Waals surface area (Å²) in [5.41, 5.74) is 1.29. The molecule has 0 aliphatic carbocycles. The number of carbonyl (C=O) groups is 2. The predicted octanol–water partition coefficient (Wildman–Crippen LogP) is 4.36. The normalized spacial score (nSPS) is 14.4. The number of hydrogen-bond acceptors (Lipinski definition) is 4. The Bertz CT molecular complexity index is 822. The molecule has 1 aliphatic rings. The van der Waals surface area contributed by atoms with Gasteiger partial charge in [-0.3, -0.25) is 0 Å². The topological polar surface area (TPSA) is 52.6 Å². The number of unbranched alkanes of at least 4 members (excludes halogenated alkanes) is 1. The molecule has 0 fully saturated rings. The number of carbonyl (C=O) groups excluding carboxylic acids is 2. The minimum Gasteiger partial charge on any atom is -0.423 e. The van der Waals surface area contributed by atoms with E-state index in [2.05, 4.69) is 0 Å². The van der Waals surface area contributed by atoms with Crippen LogP contribution in [0.2, 0.25) is 0 Å². The van der Waals surface area contributed by atoms with E-state index in [1.807, 2.05) is 13.0 Å². The van der Waals surface area contributed by atoms with E-state index < -0.39 is 17.8 Å².